The Hall–Kier alpha value is -2.82. The molecular formula is C24H29FN4O3S2. The van der Waals surface area contributed by atoms with Crippen LogP contribution in [0.1, 0.15) is 33.6 Å². The van der Waals surface area contributed by atoms with E-state index in [2.05, 4.69) is 14.6 Å². The molecule has 3 heterocycles. The molecule has 1 N–H and O–H groups in total. The Morgan fingerprint density at radius 2 is 1.71 bits per heavy atom. The maximum Gasteiger partial charge on any atom is 0.263 e. The summed E-state index contributed by atoms with van der Waals surface area (Å²) in [5.74, 6) is 0.216. The van der Waals surface area contributed by atoms with Crippen LogP contribution in [-0.4, -0.2) is 49.9 Å². The topological polar surface area (TPSA) is 82.6 Å². The Balaban J connectivity index is 0.00000180. The van der Waals surface area contributed by atoms with Gasteiger partial charge in [-0.25, -0.2) is 17.8 Å². The Morgan fingerprint density at radius 1 is 1.00 bits per heavy atom. The smallest absolute Gasteiger partial charge is 0.263 e. The summed E-state index contributed by atoms with van der Waals surface area (Å²) in [4.78, 5) is 21.3. The molecule has 2 saturated heterocycles. The number of likely N-dealkylation sites (tertiary alicyclic amines) is 1. The highest BCUT2D eigenvalue weighted by molar-refractivity contribution is 7.93. The van der Waals surface area contributed by atoms with Crippen LogP contribution < -0.4 is 9.62 Å². The second kappa shape index (κ2) is 9.44. The molecule has 0 aliphatic carbocycles. The normalized spacial score (nSPS) is 20.1. The van der Waals surface area contributed by atoms with Crippen molar-refractivity contribution in [1.29, 1.82) is 0 Å². The molecule has 10 heteroatoms. The lowest BCUT2D eigenvalue weighted by Gasteiger charge is -2.35. The van der Waals surface area contributed by atoms with Crippen molar-refractivity contribution in [2.45, 2.75) is 36.1 Å². The molecule has 2 fully saturated rings. The molecule has 0 unspecified atom stereocenters. The van der Waals surface area contributed by atoms with Gasteiger partial charge in [-0.3, -0.25) is 14.4 Å². The summed E-state index contributed by atoms with van der Waals surface area (Å²) in [6.45, 7) is 2.25. The molecule has 0 saturated carbocycles. The molecule has 1 aromatic heterocycles. The summed E-state index contributed by atoms with van der Waals surface area (Å²) < 4.78 is 40.8. The van der Waals surface area contributed by atoms with Gasteiger partial charge in [0.1, 0.15) is 5.82 Å². The third-order valence-corrected chi connectivity index (χ3v) is 8.77. The molecule has 2 aromatic carbocycles. The molecule has 0 radical (unpaired) electrons. The van der Waals surface area contributed by atoms with Crippen LogP contribution >= 0.6 is 11.3 Å². The quantitative estimate of drug-likeness (QED) is 0.532. The molecule has 2 aliphatic heterocycles. The van der Waals surface area contributed by atoms with Crippen molar-refractivity contribution in [3.05, 3.63) is 71.5 Å². The second-order valence-electron chi connectivity index (χ2n) is 8.59. The number of piperidine rings is 1. The molecule has 2 aliphatic rings. The fourth-order valence-electron chi connectivity index (χ4n) is 4.79. The minimum atomic E-state index is -3.73. The number of carbonyl (C=O) groups excluding carboxylic acids is 1. The van der Waals surface area contributed by atoms with Gasteiger partial charge in [0.2, 0.25) is 5.91 Å². The monoisotopic (exact) mass is 504 g/mol. The summed E-state index contributed by atoms with van der Waals surface area (Å²) in [6.07, 6.45) is 4.15. The minimum Gasteiger partial charge on any atom is -0.311 e. The number of hydrogen-bond donors (Lipinski definition) is 1. The summed E-state index contributed by atoms with van der Waals surface area (Å²) in [5, 5.41) is 2.01. The lowest BCUT2D eigenvalue weighted by molar-refractivity contribution is -0.122. The van der Waals surface area contributed by atoms with Crippen molar-refractivity contribution in [3.63, 3.8) is 0 Å². The van der Waals surface area contributed by atoms with E-state index in [-0.39, 0.29) is 25.5 Å². The predicted molar refractivity (Wildman–Crippen MR) is 134 cm³/mol. The van der Waals surface area contributed by atoms with Gasteiger partial charge in [-0.15, -0.1) is 11.3 Å². The number of sulfonamides is 1. The Bertz CT molecular complexity index is 1250. The van der Waals surface area contributed by atoms with Gasteiger partial charge in [0, 0.05) is 26.7 Å². The number of nitrogens with one attached hydrogen (secondary N) is 1. The summed E-state index contributed by atoms with van der Waals surface area (Å²) >= 11 is 1.21. The number of halogens is 1. The lowest BCUT2D eigenvalue weighted by Crippen LogP contribution is -2.45. The number of anilines is 2. The third kappa shape index (κ3) is 4.70. The highest BCUT2D eigenvalue weighted by Crippen LogP contribution is 2.32. The van der Waals surface area contributed by atoms with Crippen molar-refractivity contribution >= 4 is 38.1 Å². The molecule has 1 amide bonds. The first-order chi connectivity index (χ1) is 16.4. The zero-order valence-corrected chi connectivity index (χ0v) is 20.1. The van der Waals surface area contributed by atoms with Crippen LogP contribution in [0.3, 0.4) is 0 Å². The van der Waals surface area contributed by atoms with Crippen LogP contribution in [0.5, 0.6) is 0 Å². The van der Waals surface area contributed by atoms with E-state index < -0.39 is 10.0 Å². The van der Waals surface area contributed by atoms with E-state index in [1.807, 2.05) is 12.1 Å². The van der Waals surface area contributed by atoms with Crippen molar-refractivity contribution in [1.82, 2.24) is 9.88 Å². The summed E-state index contributed by atoms with van der Waals surface area (Å²) in [7, 11) is -3.73. The molecule has 34 heavy (non-hydrogen) atoms. The Labute approximate surface area is 205 Å². The molecular weight excluding hydrogens is 475 g/mol. The molecule has 0 spiro atoms. The predicted octanol–water partition coefficient (Wildman–Crippen LogP) is 4.56. The van der Waals surface area contributed by atoms with Crippen LogP contribution in [0, 0.1) is 5.82 Å². The van der Waals surface area contributed by atoms with Gasteiger partial charge in [0.05, 0.1) is 10.9 Å². The van der Waals surface area contributed by atoms with Crippen LogP contribution in [0.4, 0.5) is 15.2 Å². The molecule has 3 aromatic rings. The summed E-state index contributed by atoms with van der Waals surface area (Å²) in [6, 6.07) is 12.9. The maximum absolute atomic E-state index is 13.2. The van der Waals surface area contributed by atoms with E-state index in [1.54, 1.807) is 22.4 Å². The zero-order valence-electron chi connectivity index (χ0n) is 18.4. The average molecular weight is 505 g/mol. The van der Waals surface area contributed by atoms with Crippen LogP contribution in [0.2, 0.25) is 0 Å². The third-order valence-electron chi connectivity index (χ3n) is 6.60. The van der Waals surface area contributed by atoms with Gasteiger partial charge < -0.3 is 4.90 Å². The van der Waals surface area contributed by atoms with Gasteiger partial charge in [0.25, 0.3) is 10.0 Å². The molecule has 1 atom stereocenters. The van der Waals surface area contributed by atoms with Crippen molar-refractivity contribution in [2.75, 3.05) is 29.3 Å². The number of hydrogen-bond acceptors (Lipinski definition) is 6. The molecule has 5 rings (SSSR count). The highest BCUT2D eigenvalue weighted by atomic mass is 32.2. The number of carbonyl (C=O) groups is 1. The van der Waals surface area contributed by atoms with E-state index >= 15 is 0 Å². The largest absolute Gasteiger partial charge is 0.311 e. The van der Waals surface area contributed by atoms with E-state index in [9.17, 15) is 17.6 Å². The van der Waals surface area contributed by atoms with E-state index in [1.165, 1.54) is 41.8 Å². The van der Waals surface area contributed by atoms with E-state index in [0.717, 1.165) is 37.9 Å². The van der Waals surface area contributed by atoms with E-state index in [0.29, 0.717) is 23.3 Å². The van der Waals surface area contributed by atoms with Crippen molar-refractivity contribution in [2.24, 2.45) is 0 Å². The van der Waals surface area contributed by atoms with Gasteiger partial charge in [-0.05, 0) is 80.2 Å². The first kappa shape index (κ1) is 22.9. The second-order valence-corrected chi connectivity index (χ2v) is 11.2. The molecule has 0 bridgehead atoms. The van der Waals surface area contributed by atoms with Gasteiger partial charge in [-0.2, -0.15) is 0 Å². The first-order valence-corrected chi connectivity index (χ1v) is 13.6. The number of aromatic nitrogens is 1. The molecule has 7 nitrogen and oxygen atoms in total. The number of rotatable bonds is 6. The Morgan fingerprint density at radius 3 is 2.35 bits per heavy atom. The Kier molecular flexibility index (Phi) is 6.37. The van der Waals surface area contributed by atoms with Gasteiger partial charge in [-0.1, -0.05) is 12.1 Å². The van der Waals surface area contributed by atoms with Gasteiger partial charge >= 0.3 is 0 Å². The fraction of sp³-hybridized carbons (Fsp3) is 0.333. The molecule has 182 valence electrons. The fourth-order valence-corrected chi connectivity index (χ4v) is 6.58. The number of benzene rings is 2. The number of thiazole rings is 1. The van der Waals surface area contributed by atoms with E-state index in [4.69, 9.17) is 0 Å². The van der Waals surface area contributed by atoms with Crippen LogP contribution in [0.25, 0.3) is 0 Å². The van der Waals surface area contributed by atoms with Crippen molar-refractivity contribution < 1.29 is 20.5 Å². The minimum absolute atomic E-state index is 0. The number of amides is 1. The standard InChI is InChI=1S/C24H25FN4O3S2.2H2/c25-19-3-1-17(2-4-19)18-9-13-28(14-10-18)22-11-15-29(23(22)30)20-5-7-21(8-6-20)34(31,32)27-24-26-12-16-33-24;;/h1-8,12,16,18,22H,9-11,13-15H2,(H,26,27);2*1H/t22-;;/m0../s1. The van der Waals surface area contributed by atoms with Crippen molar-refractivity contribution in [3.8, 4) is 0 Å². The average Bonchev–Trinajstić information content (AvgIpc) is 3.49. The van der Waals surface area contributed by atoms with Gasteiger partial charge in [0.15, 0.2) is 5.13 Å². The lowest BCUT2D eigenvalue weighted by atomic mass is 9.89. The van der Waals surface area contributed by atoms with Crippen LogP contribution in [0.15, 0.2) is 65.0 Å². The maximum atomic E-state index is 13.2. The van der Waals surface area contributed by atoms with Crippen LogP contribution in [-0.2, 0) is 14.8 Å². The first-order valence-electron chi connectivity index (χ1n) is 11.2. The highest BCUT2D eigenvalue weighted by Gasteiger charge is 2.38. The number of nitrogens with zero attached hydrogens (tertiary/aromatic N) is 3. The SMILES string of the molecule is O=C1[C@@H](N2CCC(c3ccc(F)cc3)CC2)CCN1c1ccc(S(=O)(=O)Nc2nccs2)cc1.[HH].[HH]. The zero-order chi connectivity index (χ0) is 23.7. The summed E-state index contributed by atoms with van der Waals surface area (Å²) in [5.41, 5.74) is 1.85.